The zero-order valence-electron chi connectivity index (χ0n) is 11.0. The van der Waals surface area contributed by atoms with Crippen molar-refractivity contribution in [1.82, 2.24) is 5.32 Å². The van der Waals surface area contributed by atoms with Crippen LogP contribution in [-0.2, 0) is 23.0 Å². The van der Waals surface area contributed by atoms with Crippen LogP contribution in [0.15, 0.2) is 47.4 Å². The minimum atomic E-state index is -3.66. The van der Waals surface area contributed by atoms with Gasteiger partial charge in [0.2, 0.25) is 10.0 Å². The van der Waals surface area contributed by atoms with E-state index in [1.807, 2.05) is 12.1 Å². The zero-order valence-corrected chi connectivity index (χ0v) is 11.8. The first kappa shape index (κ1) is 13.3. The Hall–Kier alpha value is -1.69. The van der Waals surface area contributed by atoms with E-state index in [1.165, 1.54) is 17.2 Å². The third kappa shape index (κ3) is 2.60. The van der Waals surface area contributed by atoms with E-state index in [9.17, 15) is 8.42 Å². The SMILES string of the molecule is NS(=O)(=O)c1cccc(-c2ccc3c(c2)CCNC3)c1. The highest BCUT2D eigenvalue weighted by Gasteiger charge is 2.12. The number of nitrogens with two attached hydrogens (primary N) is 1. The quantitative estimate of drug-likeness (QED) is 0.882. The van der Waals surface area contributed by atoms with Crippen LogP contribution < -0.4 is 10.5 Å². The first-order valence-corrected chi connectivity index (χ1v) is 8.04. The molecular formula is C15H16N2O2S. The molecule has 0 aliphatic carbocycles. The van der Waals surface area contributed by atoms with E-state index in [0.717, 1.165) is 30.6 Å². The second-order valence-corrected chi connectivity index (χ2v) is 6.54. The van der Waals surface area contributed by atoms with E-state index in [4.69, 9.17) is 5.14 Å². The van der Waals surface area contributed by atoms with Gasteiger partial charge in [-0.15, -0.1) is 0 Å². The van der Waals surface area contributed by atoms with Crippen LogP contribution >= 0.6 is 0 Å². The number of nitrogens with one attached hydrogen (secondary N) is 1. The molecule has 1 heterocycles. The minimum Gasteiger partial charge on any atom is -0.312 e. The number of benzene rings is 2. The normalized spacial score (nSPS) is 14.8. The van der Waals surface area contributed by atoms with E-state index < -0.39 is 10.0 Å². The Kier molecular flexibility index (Phi) is 3.33. The standard InChI is InChI=1S/C15H16N2O2S/c16-20(18,19)15-3-1-2-11(9-15)12-4-5-14-10-17-7-6-13(14)8-12/h1-5,8-9,17H,6-7,10H2,(H2,16,18,19). The highest BCUT2D eigenvalue weighted by atomic mass is 32.2. The second kappa shape index (κ2) is 5.01. The highest BCUT2D eigenvalue weighted by molar-refractivity contribution is 7.89. The fraction of sp³-hybridized carbons (Fsp3) is 0.200. The van der Waals surface area contributed by atoms with Crippen molar-refractivity contribution in [2.24, 2.45) is 5.14 Å². The molecule has 0 saturated heterocycles. The Bertz CT molecular complexity index is 754. The van der Waals surface area contributed by atoms with Gasteiger partial charge in [-0.2, -0.15) is 0 Å². The maximum absolute atomic E-state index is 11.4. The van der Waals surface area contributed by atoms with Crippen molar-refractivity contribution in [3.05, 3.63) is 53.6 Å². The van der Waals surface area contributed by atoms with Gasteiger partial charge in [0.25, 0.3) is 0 Å². The van der Waals surface area contributed by atoms with Gasteiger partial charge in [0, 0.05) is 6.54 Å². The number of fused-ring (bicyclic) bond motifs is 1. The van der Waals surface area contributed by atoms with Crippen LogP contribution in [0.2, 0.25) is 0 Å². The van der Waals surface area contributed by atoms with E-state index in [1.54, 1.807) is 12.1 Å². The second-order valence-electron chi connectivity index (χ2n) is 4.98. The molecule has 1 aliphatic rings. The third-order valence-electron chi connectivity index (χ3n) is 3.59. The molecular weight excluding hydrogens is 272 g/mol. The van der Waals surface area contributed by atoms with E-state index in [0.29, 0.717) is 0 Å². The van der Waals surface area contributed by atoms with Crippen molar-refractivity contribution in [1.29, 1.82) is 0 Å². The molecule has 0 radical (unpaired) electrons. The number of hydrogen-bond acceptors (Lipinski definition) is 3. The fourth-order valence-corrected chi connectivity index (χ4v) is 3.07. The summed E-state index contributed by atoms with van der Waals surface area (Å²) in [6, 6.07) is 13.0. The van der Waals surface area contributed by atoms with E-state index in [2.05, 4.69) is 17.4 Å². The van der Waals surface area contributed by atoms with Gasteiger partial charge in [0.1, 0.15) is 0 Å². The molecule has 3 rings (SSSR count). The van der Waals surface area contributed by atoms with Crippen molar-refractivity contribution in [2.45, 2.75) is 17.9 Å². The molecule has 20 heavy (non-hydrogen) atoms. The van der Waals surface area contributed by atoms with Gasteiger partial charge in [-0.3, -0.25) is 0 Å². The predicted molar refractivity (Wildman–Crippen MR) is 78.7 cm³/mol. The molecule has 0 unspecified atom stereocenters. The van der Waals surface area contributed by atoms with Crippen LogP contribution in [0.5, 0.6) is 0 Å². The molecule has 0 atom stereocenters. The van der Waals surface area contributed by atoms with Gasteiger partial charge in [-0.1, -0.05) is 30.3 Å². The Labute approximate surface area is 118 Å². The molecule has 0 fully saturated rings. The summed E-state index contributed by atoms with van der Waals surface area (Å²) in [5.74, 6) is 0. The van der Waals surface area contributed by atoms with Gasteiger partial charge >= 0.3 is 0 Å². The maximum atomic E-state index is 11.4. The smallest absolute Gasteiger partial charge is 0.238 e. The molecule has 5 heteroatoms. The summed E-state index contributed by atoms with van der Waals surface area (Å²) in [4.78, 5) is 0.148. The van der Waals surface area contributed by atoms with Crippen molar-refractivity contribution in [3.8, 4) is 11.1 Å². The summed E-state index contributed by atoms with van der Waals surface area (Å²) in [7, 11) is -3.66. The van der Waals surface area contributed by atoms with Gasteiger partial charge in [-0.25, -0.2) is 13.6 Å². The monoisotopic (exact) mass is 288 g/mol. The fourth-order valence-electron chi connectivity index (χ4n) is 2.51. The molecule has 104 valence electrons. The maximum Gasteiger partial charge on any atom is 0.238 e. The Balaban J connectivity index is 2.05. The van der Waals surface area contributed by atoms with Gasteiger partial charge in [0.05, 0.1) is 4.90 Å². The average Bonchev–Trinajstić information content (AvgIpc) is 2.46. The lowest BCUT2D eigenvalue weighted by molar-refractivity contribution is 0.598. The van der Waals surface area contributed by atoms with Gasteiger partial charge in [-0.05, 0) is 47.4 Å². The Morgan fingerprint density at radius 1 is 1.00 bits per heavy atom. The Morgan fingerprint density at radius 2 is 1.80 bits per heavy atom. The number of rotatable bonds is 2. The van der Waals surface area contributed by atoms with Crippen LogP contribution in [0.4, 0.5) is 0 Å². The largest absolute Gasteiger partial charge is 0.312 e. The van der Waals surface area contributed by atoms with Crippen molar-refractivity contribution in [3.63, 3.8) is 0 Å². The summed E-state index contributed by atoms with van der Waals surface area (Å²) in [6.45, 7) is 1.88. The first-order chi connectivity index (χ1) is 9.54. The Morgan fingerprint density at radius 3 is 2.60 bits per heavy atom. The molecule has 1 aliphatic heterocycles. The summed E-state index contributed by atoms with van der Waals surface area (Å²) in [5.41, 5.74) is 4.53. The summed E-state index contributed by atoms with van der Waals surface area (Å²) < 4.78 is 22.8. The van der Waals surface area contributed by atoms with Crippen LogP contribution in [0, 0.1) is 0 Å². The van der Waals surface area contributed by atoms with E-state index in [-0.39, 0.29) is 4.90 Å². The predicted octanol–water partition coefficient (Wildman–Crippen LogP) is 1.65. The van der Waals surface area contributed by atoms with Crippen molar-refractivity contribution < 1.29 is 8.42 Å². The van der Waals surface area contributed by atoms with E-state index >= 15 is 0 Å². The summed E-state index contributed by atoms with van der Waals surface area (Å²) in [5, 5.41) is 8.51. The average molecular weight is 288 g/mol. The lowest BCUT2D eigenvalue weighted by atomic mass is 9.95. The minimum absolute atomic E-state index is 0.148. The van der Waals surface area contributed by atoms with Gasteiger partial charge in [0.15, 0.2) is 0 Å². The number of hydrogen-bond donors (Lipinski definition) is 2. The number of primary sulfonamides is 1. The first-order valence-electron chi connectivity index (χ1n) is 6.50. The topological polar surface area (TPSA) is 72.2 Å². The molecule has 2 aromatic rings. The van der Waals surface area contributed by atoms with Crippen LogP contribution in [0.25, 0.3) is 11.1 Å². The summed E-state index contributed by atoms with van der Waals surface area (Å²) in [6.07, 6.45) is 0.998. The zero-order chi connectivity index (χ0) is 14.2. The van der Waals surface area contributed by atoms with Crippen LogP contribution in [0.3, 0.4) is 0 Å². The molecule has 0 amide bonds. The van der Waals surface area contributed by atoms with Crippen molar-refractivity contribution >= 4 is 10.0 Å². The number of sulfonamides is 1. The van der Waals surface area contributed by atoms with Crippen LogP contribution in [-0.4, -0.2) is 15.0 Å². The van der Waals surface area contributed by atoms with Crippen molar-refractivity contribution in [2.75, 3.05) is 6.54 Å². The highest BCUT2D eigenvalue weighted by Crippen LogP contribution is 2.25. The van der Waals surface area contributed by atoms with Crippen LogP contribution in [0.1, 0.15) is 11.1 Å². The molecule has 0 spiro atoms. The molecule has 3 N–H and O–H groups in total. The third-order valence-corrected chi connectivity index (χ3v) is 4.50. The lowest BCUT2D eigenvalue weighted by Crippen LogP contribution is -2.23. The molecule has 2 aromatic carbocycles. The molecule has 0 aromatic heterocycles. The molecule has 0 saturated carbocycles. The van der Waals surface area contributed by atoms with Gasteiger partial charge < -0.3 is 5.32 Å². The lowest BCUT2D eigenvalue weighted by Gasteiger charge is -2.18. The molecule has 4 nitrogen and oxygen atoms in total. The molecule has 0 bridgehead atoms. The summed E-state index contributed by atoms with van der Waals surface area (Å²) >= 11 is 0.